The van der Waals surface area contributed by atoms with Crippen LogP contribution in [0.25, 0.3) is 0 Å². The first kappa shape index (κ1) is 16.4. The predicted octanol–water partition coefficient (Wildman–Crippen LogP) is 3.71. The summed E-state index contributed by atoms with van der Waals surface area (Å²) in [6, 6.07) is 10.1. The lowest BCUT2D eigenvalue weighted by molar-refractivity contribution is -0.706. The summed E-state index contributed by atoms with van der Waals surface area (Å²) < 4.78 is 0. The fourth-order valence-corrected chi connectivity index (χ4v) is 3.46. The second-order valence-electron chi connectivity index (χ2n) is 6.38. The topological polar surface area (TPSA) is 19.9 Å². The number of benzene rings is 1. The normalized spacial score (nSPS) is 17.2. The molecular weight excluding hydrogens is 256 g/mol. The average Bonchev–Trinajstić information content (AvgIpc) is 2.49. The summed E-state index contributed by atoms with van der Waals surface area (Å²) in [5, 5.41) is 2.58. The first-order valence-electron chi connectivity index (χ1n) is 9.00. The van der Waals surface area contributed by atoms with Crippen molar-refractivity contribution in [1.82, 2.24) is 0 Å². The lowest BCUT2D eigenvalue weighted by atomic mass is 9.96. The van der Waals surface area contributed by atoms with Gasteiger partial charge in [-0.3, -0.25) is 0 Å². The van der Waals surface area contributed by atoms with E-state index in [0.717, 1.165) is 25.7 Å². The quantitative estimate of drug-likeness (QED) is 0.846. The molecule has 0 radical (unpaired) electrons. The number of hydrogen-bond donors (Lipinski definition) is 1. The molecule has 1 fully saturated rings. The maximum atomic E-state index is 2.58. The molecule has 1 saturated carbocycles. The molecule has 21 heavy (non-hydrogen) atoms. The summed E-state index contributed by atoms with van der Waals surface area (Å²) in [6.07, 6.45) is 10.0. The largest absolute Gasteiger partial charge is 0.372 e. The molecule has 1 aromatic carbocycles. The Balaban J connectivity index is 1.82. The first-order valence-corrected chi connectivity index (χ1v) is 9.00. The Hall–Kier alpha value is -1.02. The zero-order valence-corrected chi connectivity index (χ0v) is 14.0. The number of nitrogens with zero attached hydrogens (tertiary/aromatic N) is 1. The molecule has 1 aliphatic rings. The lowest BCUT2D eigenvalue weighted by Crippen LogP contribution is -2.88. The molecule has 0 aromatic heterocycles. The molecule has 0 bridgehead atoms. The predicted molar refractivity (Wildman–Crippen MR) is 91.7 cm³/mol. The van der Waals surface area contributed by atoms with Crippen LogP contribution in [-0.2, 0) is 6.54 Å². The lowest BCUT2D eigenvalue weighted by Gasteiger charge is -2.21. The van der Waals surface area contributed by atoms with Gasteiger partial charge in [-0.1, -0.05) is 31.4 Å². The van der Waals surface area contributed by atoms with Crippen LogP contribution in [0.4, 0.5) is 5.69 Å². The zero-order chi connectivity index (χ0) is 14.9. The minimum absolute atomic E-state index is 0.854. The smallest absolute Gasteiger partial charge is 0.101 e. The van der Waals surface area contributed by atoms with Crippen LogP contribution in [0.5, 0.6) is 0 Å². The highest BCUT2D eigenvalue weighted by Crippen LogP contribution is 2.16. The van der Waals surface area contributed by atoms with Gasteiger partial charge in [0.2, 0.25) is 0 Å². The molecule has 0 spiro atoms. The highest BCUT2D eigenvalue weighted by atomic mass is 15.1. The van der Waals surface area contributed by atoms with Gasteiger partial charge in [0, 0.05) is 24.3 Å². The van der Waals surface area contributed by atoms with Gasteiger partial charge in [-0.25, -0.2) is 0 Å². The van der Waals surface area contributed by atoms with Crippen molar-refractivity contribution >= 4 is 5.69 Å². The molecule has 0 saturated heterocycles. The van der Waals surface area contributed by atoms with Gasteiger partial charge in [-0.2, -0.15) is 0 Å². The SMILES string of the molecule is CCN(CC)c1ccc(C[NH2+]C2CCCCCCC2)cc1. The van der Waals surface area contributed by atoms with Crippen molar-refractivity contribution in [3.63, 3.8) is 0 Å². The molecule has 118 valence electrons. The number of rotatable bonds is 6. The average molecular weight is 289 g/mol. The molecule has 1 aromatic rings. The maximum absolute atomic E-state index is 2.58. The zero-order valence-electron chi connectivity index (χ0n) is 14.0. The van der Waals surface area contributed by atoms with Crippen LogP contribution in [0.15, 0.2) is 24.3 Å². The third kappa shape index (κ3) is 5.35. The fourth-order valence-electron chi connectivity index (χ4n) is 3.46. The molecule has 0 atom stereocenters. The summed E-state index contributed by atoms with van der Waals surface area (Å²) in [5.74, 6) is 0. The van der Waals surface area contributed by atoms with Gasteiger partial charge in [-0.05, 0) is 51.7 Å². The van der Waals surface area contributed by atoms with Crippen LogP contribution in [0, 0.1) is 0 Å². The molecule has 2 N–H and O–H groups in total. The van der Waals surface area contributed by atoms with Gasteiger partial charge in [0.05, 0.1) is 6.04 Å². The maximum Gasteiger partial charge on any atom is 0.101 e. The van der Waals surface area contributed by atoms with E-state index in [1.54, 1.807) is 0 Å². The van der Waals surface area contributed by atoms with Crippen LogP contribution >= 0.6 is 0 Å². The summed E-state index contributed by atoms with van der Waals surface area (Å²) in [4.78, 5) is 2.41. The summed E-state index contributed by atoms with van der Waals surface area (Å²) in [6.45, 7) is 7.76. The molecule has 1 aliphatic carbocycles. The molecule has 0 amide bonds. The van der Waals surface area contributed by atoms with Crippen molar-refractivity contribution < 1.29 is 5.32 Å². The highest BCUT2D eigenvalue weighted by molar-refractivity contribution is 5.47. The second kappa shape index (κ2) is 9.09. The first-order chi connectivity index (χ1) is 10.3. The Bertz CT molecular complexity index is 373. The Morgan fingerprint density at radius 2 is 1.48 bits per heavy atom. The molecule has 2 rings (SSSR count). The van der Waals surface area contributed by atoms with Crippen molar-refractivity contribution in [2.24, 2.45) is 0 Å². The van der Waals surface area contributed by atoms with E-state index in [1.807, 2.05) is 0 Å². The van der Waals surface area contributed by atoms with E-state index in [0.29, 0.717) is 0 Å². The van der Waals surface area contributed by atoms with Crippen molar-refractivity contribution in [3.8, 4) is 0 Å². The van der Waals surface area contributed by atoms with Gasteiger partial charge in [0.15, 0.2) is 0 Å². The number of anilines is 1. The van der Waals surface area contributed by atoms with E-state index >= 15 is 0 Å². The second-order valence-corrected chi connectivity index (χ2v) is 6.38. The van der Waals surface area contributed by atoms with Crippen LogP contribution in [-0.4, -0.2) is 19.1 Å². The summed E-state index contributed by atoms with van der Waals surface area (Å²) >= 11 is 0. The van der Waals surface area contributed by atoms with Crippen molar-refractivity contribution in [1.29, 1.82) is 0 Å². The Morgan fingerprint density at radius 1 is 0.905 bits per heavy atom. The molecule has 2 heteroatoms. The van der Waals surface area contributed by atoms with E-state index in [2.05, 4.69) is 48.3 Å². The van der Waals surface area contributed by atoms with Gasteiger partial charge in [-0.15, -0.1) is 0 Å². The summed E-state index contributed by atoms with van der Waals surface area (Å²) in [7, 11) is 0. The van der Waals surface area contributed by atoms with E-state index in [-0.39, 0.29) is 0 Å². The van der Waals surface area contributed by atoms with Gasteiger partial charge < -0.3 is 10.2 Å². The summed E-state index contributed by atoms with van der Waals surface area (Å²) in [5.41, 5.74) is 2.82. The third-order valence-electron chi connectivity index (χ3n) is 4.90. The van der Waals surface area contributed by atoms with Crippen molar-refractivity contribution in [2.45, 2.75) is 71.4 Å². The minimum Gasteiger partial charge on any atom is -0.372 e. The van der Waals surface area contributed by atoms with Crippen molar-refractivity contribution in [2.75, 3.05) is 18.0 Å². The van der Waals surface area contributed by atoms with Crippen LogP contribution in [0.3, 0.4) is 0 Å². The number of hydrogen-bond acceptors (Lipinski definition) is 1. The van der Waals surface area contributed by atoms with Gasteiger partial charge in [0.25, 0.3) is 0 Å². The Morgan fingerprint density at radius 3 is 2.05 bits per heavy atom. The van der Waals surface area contributed by atoms with Crippen LogP contribution in [0.1, 0.15) is 64.4 Å². The van der Waals surface area contributed by atoms with Gasteiger partial charge in [0.1, 0.15) is 6.54 Å². The highest BCUT2D eigenvalue weighted by Gasteiger charge is 2.13. The van der Waals surface area contributed by atoms with Crippen molar-refractivity contribution in [3.05, 3.63) is 29.8 Å². The third-order valence-corrected chi connectivity index (χ3v) is 4.90. The molecule has 2 nitrogen and oxygen atoms in total. The minimum atomic E-state index is 0.854. The molecule has 0 heterocycles. The fraction of sp³-hybridized carbons (Fsp3) is 0.684. The Labute approximate surface area is 130 Å². The van der Waals surface area contributed by atoms with Crippen LogP contribution < -0.4 is 10.2 Å². The number of quaternary nitrogens is 1. The molecule has 0 aliphatic heterocycles. The molecular formula is C19H33N2+. The Kier molecular flexibility index (Phi) is 7.08. The van der Waals surface area contributed by atoms with E-state index in [4.69, 9.17) is 0 Å². The van der Waals surface area contributed by atoms with Crippen LogP contribution in [0.2, 0.25) is 0 Å². The molecule has 0 unspecified atom stereocenters. The van der Waals surface area contributed by atoms with E-state index in [9.17, 15) is 0 Å². The van der Waals surface area contributed by atoms with E-state index in [1.165, 1.54) is 56.2 Å². The van der Waals surface area contributed by atoms with E-state index < -0.39 is 0 Å². The van der Waals surface area contributed by atoms with Gasteiger partial charge >= 0.3 is 0 Å². The monoisotopic (exact) mass is 289 g/mol. The number of nitrogens with two attached hydrogens (primary N) is 1. The standard InChI is InChI=1S/C19H32N2/c1-3-21(4-2)19-14-12-17(13-15-19)16-20-18-10-8-6-5-7-9-11-18/h12-15,18,20H,3-11,16H2,1-2H3/p+1.